The van der Waals surface area contributed by atoms with Crippen LogP contribution >= 0.6 is 11.6 Å². The molecule has 7 heteroatoms. The van der Waals surface area contributed by atoms with Crippen LogP contribution < -0.4 is 0 Å². The third-order valence-electron chi connectivity index (χ3n) is 4.21. The van der Waals surface area contributed by atoms with Gasteiger partial charge in [0.15, 0.2) is 0 Å². The maximum atomic E-state index is 12.2. The van der Waals surface area contributed by atoms with Gasteiger partial charge in [0.05, 0.1) is 19.3 Å². The average Bonchev–Trinajstić information content (AvgIpc) is 2.57. The van der Waals surface area contributed by atoms with E-state index >= 15 is 0 Å². The molecular weight excluding hydrogens is 350 g/mol. The molecule has 0 aromatic heterocycles. The van der Waals surface area contributed by atoms with Gasteiger partial charge in [-0.1, -0.05) is 29.8 Å². The number of esters is 1. The molecule has 1 heterocycles. The summed E-state index contributed by atoms with van der Waals surface area (Å²) in [7, 11) is -1.96. The first-order chi connectivity index (χ1) is 11.4. The Morgan fingerprint density at radius 1 is 1.50 bits per heavy atom. The van der Waals surface area contributed by atoms with Crippen LogP contribution in [0.2, 0.25) is 5.02 Å². The number of nitrogens with zero attached hydrogens (tertiary/aromatic N) is 1. The fourth-order valence-corrected chi connectivity index (χ4v) is 4.44. The van der Waals surface area contributed by atoms with Crippen LogP contribution in [0.5, 0.6) is 0 Å². The highest BCUT2D eigenvalue weighted by molar-refractivity contribution is 7.89. The molecule has 0 saturated carbocycles. The molecule has 0 aliphatic carbocycles. The SMILES string of the molecule is C=CCS(=O)(=O)N1CCCC(c2ccc(Cl)c(CC(=O)OC)c2)C1. The number of sulfonamides is 1. The summed E-state index contributed by atoms with van der Waals surface area (Å²) in [6.07, 6.45) is 3.22. The lowest BCUT2D eigenvalue weighted by Crippen LogP contribution is -2.40. The smallest absolute Gasteiger partial charge is 0.310 e. The molecule has 0 bridgehead atoms. The molecule has 1 saturated heterocycles. The first kappa shape index (κ1) is 19.0. The second-order valence-corrected chi connectivity index (χ2v) is 8.29. The van der Waals surface area contributed by atoms with Gasteiger partial charge < -0.3 is 4.74 Å². The molecule has 0 N–H and O–H groups in total. The molecule has 5 nitrogen and oxygen atoms in total. The Labute approximate surface area is 148 Å². The maximum Gasteiger partial charge on any atom is 0.310 e. The summed E-state index contributed by atoms with van der Waals surface area (Å²) in [5, 5.41) is 0.510. The molecule has 1 unspecified atom stereocenters. The van der Waals surface area contributed by atoms with Crippen molar-refractivity contribution in [2.24, 2.45) is 0 Å². The van der Waals surface area contributed by atoms with Crippen LogP contribution in [-0.2, 0) is 26.0 Å². The zero-order chi connectivity index (χ0) is 17.7. The van der Waals surface area contributed by atoms with Gasteiger partial charge in [-0.15, -0.1) is 6.58 Å². The van der Waals surface area contributed by atoms with Crippen LogP contribution in [0, 0.1) is 0 Å². The van der Waals surface area contributed by atoms with Crippen molar-refractivity contribution in [1.29, 1.82) is 0 Å². The van der Waals surface area contributed by atoms with Crippen molar-refractivity contribution in [1.82, 2.24) is 4.31 Å². The molecule has 1 fully saturated rings. The highest BCUT2D eigenvalue weighted by Gasteiger charge is 2.29. The summed E-state index contributed by atoms with van der Waals surface area (Å²) in [4.78, 5) is 11.5. The van der Waals surface area contributed by atoms with Crippen LogP contribution in [0.1, 0.15) is 29.9 Å². The third kappa shape index (κ3) is 4.59. The zero-order valence-electron chi connectivity index (χ0n) is 13.7. The lowest BCUT2D eigenvalue weighted by molar-refractivity contribution is -0.139. The van der Waals surface area contributed by atoms with E-state index in [4.69, 9.17) is 11.6 Å². The minimum Gasteiger partial charge on any atom is -0.469 e. The van der Waals surface area contributed by atoms with E-state index in [-0.39, 0.29) is 24.1 Å². The number of methoxy groups -OCH3 is 1. The first-order valence-corrected chi connectivity index (χ1v) is 9.80. The van der Waals surface area contributed by atoms with E-state index in [1.165, 1.54) is 17.5 Å². The van der Waals surface area contributed by atoms with Crippen molar-refractivity contribution < 1.29 is 17.9 Å². The molecule has 1 aliphatic rings. The Morgan fingerprint density at radius 2 is 2.25 bits per heavy atom. The monoisotopic (exact) mass is 371 g/mol. The first-order valence-electron chi connectivity index (χ1n) is 7.81. The molecule has 0 spiro atoms. The minimum atomic E-state index is -3.30. The molecule has 0 amide bonds. The van der Waals surface area contributed by atoms with Gasteiger partial charge in [-0.25, -0.2) is 12.7 Å². The largest absolute Gasteiger partial charge is 0.469 e. The molecule has 132 valence electrons. The number of halogens is 1. The van der Waals surface area contributed by atoms with Gasteiger partial charge in [0.2, 0.25) is 10.0 Å². The van der Waals surface area contributed by atoms with Crippen LogP contribution in [0.3, 0.4) is 0 Å². The van der Waals surface area contributed by atoms with E-state index in [1.54, 1.807) is 6.07 Å². The quantitative estimate of drug-likeness (QED) is 0.569. The van der Waals surface area contributed by atoms with Crippen molar-refractivity contribution in [3.8, 4) is 0 Å². The lowest BCUT2D eigenvalue weighted by Gasteiger charge is -2.32. The van der Waals surface area contributed by atoms with Crippen molar-refractivity contribution >= 4 is 27.6 Å². The predicted molar refractivity (Wildman–Crippen MR) is 94.7 cm³/mol. The van der Waals surface area contributed by atoms with Gasteiger partial charge in [0, 0.05) is 18.1 Å². The van der Waals surface area contributed by atoms with Gasteiger partial charge in [0.25, 0.3) is 0 Å². The normalized spacial score (nSPS) is 19.0. The molecule has 24 heavy (non-hydrogen) atoms. The Kier molecular flexibility index (Phi) is 6.43. The summed E-state index contributed by atoms with van der Waals surface area (Å²) in [6, 6.07) is 5.54. The fourth-order valence-electron chi connectivity index (χ4n) is 2.93. The molecule has 1 aromatic carbocycles. The number of piperidine rings is 1. The van der Waals surface area contributed by atoms with E-state index in [0.29, 0.717) is 23.7 Å². The number of benzene rings is 1. The van der Waals surface area contributed by atoms with Gasteiger partial charge in [-0.3, -0.25) is 4.79 Å². The van der Waals surface area contributed by atoms with Crippen LogP contribution in [0.15, 0.2) is 30.9 Å². The van der Waals surface area contributed by atoms with Gasteiger partial charge >= 0.3 is 5.97 Å². The third-order valence-corrected chi connectivity index (χ3v) is 6.35. The van der Waals surface area contributed by atoms with Crippen molar-refractivity contribution in [2.75, 3.05) is 26.0 Å². The summed E-state index contributed by atoms with van der Waals surface area (Å²) >= 11 is 6.15. The minimum absolute atomic E-state index is 0.0477. The molecule has 0 radical (unpaired) electrons. The number of rotatable bonds is 6. The molecule has 1 aromatic rings. The number of hydrogen-bond acceptors (Lipinski definition) is 4. The van der Waals surface area contributed by atoms with E-state index in [9.17, 15) is 13.2 Å². The van der Waals surface area contributed by atoms with Crippen molar-refractivity contribution in [2.45, 2.75) is 25.2 Å². The van der Waals surface area contributed by atoms with Crippen LogP contribution in [0.4, 0.5) is 0 Å². The second-order valence-electron chi connectivity index (χ2n) is 5.87. The molecule has 2 rings (SSSR count). The van der Waals surface area contributed by atoms with E-state index in [0.717, 1.165) is 18.4 Å². The van der Waals surface area contributed by atoms with Gasteiger partial charge in [-0.05, 0) is 36.0 Å². The number of carbonyl (C=O) groups excluding carboxylic acids is 1. The maximum absolute atomic E-state index is 12.2. The molecule has 1 aliphatic heterocycles. The Morgan fingerprint density at radius 3 is 2.92 bits per heavy atom. The summed E-state index contributed by atoms with van der Waals surface area (Å²) < 4.78 is 30.7. The van der Waals surface area contributed by atoms with Crippen LogP contribution in [-0.4, -0.2) is 44.6 Å². The Bertz CT molecular complexity index is 717. The second kappa shape index (κ2) is 8.14. The van der Waals surface area contributed by atoms with Gasteiger partial charge in [0.1, 0.15) is 0 Å². The summed E-state index contributed by atoms with van der Waals surface area (Å²) in [6.45, 7) is 4.49. The summed E-state index contributed by atoms with van der Waals surface area (Å²) in [5.41, 5.74) is 1.70. The van der Waals surface area contributed by atoms with E-state index in [2.05, 4.69) is 11.3 Å². The highest BCUT2D eigenvalue weighted by Crippen LogP contribution is 2.31. The average molecular weight is 372 g/mol. The highest BCUT2D eigenvalue weighted by atomic mass is 35.5. The Hall–Kier alpha value is -1.37. The van der Waals surface area contributed by atoms with Crippen LogP contribution in [0.25, 0.3) is 0 Å². The van der Waals surface area contributed by atoms with E-state index in [1.807, 2.05) is 12.1 Å². The predicted octanol–water partition coefficient (Wildman–Crippen LogP) is 2.75. The molecular formula is C17H22ClNO4S. The van der Waals surface area contributed by atoms with Crippen molar-refractivity contribution in [3.63, 3.8) is 0 Å². The standard InChI is InChI=1S/C17H22ClNO4S/c1-3-9-24(21,22)19-8-4-5-14(12-19)13-6-7-16(18)15(10-13)11-17(20)23-2/h3,6-7,10,14H,1,4-5,8-9,11-12H2,2H3. The fraction of sp³-hybridized carbons (Fsp3) is 0.471. The summed E-state index contributed by atoms with van der Waals surface area (Å²) in [5.74, 6) is -0.312. The van der Waals surface area contributed by atoms with Gasteiger partial charge in [-0.2, -0.15) is 0 Å². The molecule has 1 atom stereocenters. The number of carbonyl (C=O) groups is 1. The number of ether oxygens (including phenoxy) is 1. The Balaban J connectivity index is 2.20. The van der Waals surface area contributed by atoms with Crippen molar-refractivity contribution in [3.05, 3.63) is 47.0 Å². The zero-order valence-corrected chi connectivity index (χ0v) is 15.3. The lowest BCUT2D eigenvalue weighted by atomic mass is 9.90. The topological polar surface area (TPSA) is 63.7 Å². The number of hydrogen-bond donors (Lipinski definition) is 0. The van der Waals surface area contributed by atoms with E-state index < -0.39 is 10.0 Å².